The smallest absolute Gasteiger partial charge is 0.410 e. The molecule has 0 N–H and O–H groups in total. The van der Waals surface area contributed by atoms with Crippen LogP contribution in [0.25, 0.3) is 10.9 Å². The Morgan fingerprint density at radius 1 is 1.27 bits per heavy atom. The number of nitrogens with zero attached hydrogens (tertiary/aromatic N) is 7. The first-order valence-corrected chi connectivity index (χ1v) is 12.4. The minimum absolute atomic E-state index is 0.0606. The number of nitriles is 1. The van der Waals surface area contributed by atoms with Gasteiger partial charge in [0.15, 0.2) is 11.0 Å². The molecule has 0 aromatic carbocycles. The Morgan fingerprint density at radius 2 is 2.03 bits per heavy atom. The first kappa shape index (κ1) is 27.0. The average molecular weight is 538 g/mol. The molecule has 13 heteroatoms. The van der Waals surface area contributed by atoms with Crippen LogP contribution in [0.5, 0.6) is 6.01 Å². The van der Waals surface area contributed by atoms with Crippen molar-refractivity contribution < 1.29 is 23.0 Å². The predicted molar refractivity (Wildman–Crippen MR) is 133 cm³/mol. The first-order chi connectivity index (χ1) is 17.5. The fourth-order valence-electron chi connectivity index (χ4n) is 4.57. The molecular formula is C24H30ClF2N7O3. The number of pyridine rings is 1. The van der Waals surface area contributed by atoms with E-state index < -0.39 is 29.7 Å². The van der Waals surface area contributed by atoms with Crippen molar-refractivity contribution in [1.82, 2.24) is 24.8 Å². The Balaban J connectivity index is 1.63. The van der Waals surface area contributed by atoms with Crippen molar-refractivity contribution in [3.05, 3.63) is 17.2 Å². The summed E-state index contributed by atoms with van der Waals surface area (Å²) in [6, 6.07) is 1.39. The number of piperazine rings is 1. The second-order valence-electron chi connectivity index (χ2n) is 10.3. The maximum absolute atomic E-state index is 15.0. The van der Waals surface area contributed by atoms with Gasteiger partial charge in [-0.25, -0.2) is 18.6 Å². The molecule has 2 aromatic rings. The monoisotopic (exact) mass is 537 g/mol. The van der Waals surface area contributed by atoms with Crippen molar-refractivity contribution in [3.63, 3.8) is 0 Å². The number of fused-ring (bicyclic) bond motifs is 1. The predicted octanol–water partition coefficient (Wildman–Crippen LogP) is 3.58. The molecule has 2 aromatic heterocycles. The molecule has 0 radical (unpaired) electrons. The van der Waals surface area contributed by atoms with Crippen molar-refractivity contribution in [2.45, 2.75) is 57.5 Å². The maximum Gasteiger partial charge on any atom is 0.410 e. The van der Waals surface area contributed by atoms with Crippen LogP contribution in [0.3, 0.4) is 0 Å². The van der Waals surface area contributed by atoms with Gasteiger partial charge >= 0.3 is 12.1 Å². The summed E-state index contributed by atoms with van der Waals surface area (Å²) >= 11 is 5.92. The van der Waals surface area contributed by atoms with E-state index >= 15 is 0 Å². The number of likely N-dealkylation sites (tertiary alicyclic amines) is 1. The molecule has 1 amide bonds. The van der Waals surface area contributed by atoms with Gasteiger partial charge in [0.2, 0.25) is 0 Å². The minimum atomic E-state index is -0.938. The number of carbonyl (C=O) groups is 1. The SMILES string of the molecule is CN1C[C@H](F)C[C@H]1COc1nc(N2CCN(C(=O)OC(C)(C)C)[C@@H](CC#N)C2)c2cnc(Cl)c(F)c2n1. The van der Waals surface area contributed by atoms with E-state index in [0.717, 1.165) is 0 Å². The first-order valence-electron chi connectivity index (χ1n) is 12.1. The summed E-state index contributed by atoms with van der Waals surface area (Å²) in [7, 11) is 1.81. The van der Waals surface area contributed by atoms with Gasteiger partial charge in [-0.2, -0.15) is 15.2 Å². The summed E-state index contributed by atoms with van der Waals surface area (Å²) in [4.78, 5) is 30.7. The van der Waals surface area contributed by atoms with Crippen molar-refractivity contribution in [2.75, 3.05) is 44.7 Å². The zero-order chi connectivity index (χ0) is 26.9. The fraction of sp³-hybridized carbons (Fsp3) is 0.625. The second kappa shape index (κ2) is 10.8. The van der Waals surface area contributed by atoms with Gasteiger partial charge in [-0.1, -0.05) is 11.6 Å². The molecule has 2 fully saturated rings. The van der Waals surface area contributed by atoms with Crippen LogP contribution in [0.1, 0.15) is 33.6 Å². The van der Waals surface area contributed by atoms with Gasteiger partial charge in [0.05, 0.1) is 23.9 Å². The Bertz CT molecular complexity index is 1210. The lowest BCUT2D eigenvalue weighted by Gasteiger charge is -2.41. The van der Waals surface area contributed by atoms with Gasteiger partial charge in [0.1, 0.15) is 29.7 Å². The standard InChI is InChI=1S/C24H30ClF2N7O3/c1-24(2,3)37-23(35)34-8-7-33(12-15(34)5-6-28)21-17-10-29-20(25)18(27)19(17)30-22(31-21)36-13-16-9-14(26)11-32(16)4/h10,14-16H,5,7-9,11-13H2,1-4H3/t14-,15+,16+/m1/s1. The highest BCUT2D eigenvalue weighted by atomic mass is 35.5. The topological polar surface area (TPSA) is 108 Å². The molecule has 4 heterocycles. The molecule has 0 unspecified atom stereocenters. The third-order valence-corrected chi connectivity index (χ3v) is 6.64. The molecule has 2 aliphatic heterocycles. The van der Waals surface area contributed by atoms with Gasteiger partial charge in [-0.3, -0.25) is 4.90 Å². The second-order valence-corrected chi connectivity index (χ2v) is 10.7. The van der Waals surface area contributed by atoms with Gasteiger partial charge in [-0.15, -0.1) is 0 Å². The molecular weight excluding hydrogens is 508 g/mol. The highest BCUT2D eigenvalue weighted by molar-refractivity contribution is 6.30. The van der Waals surface area contributed by atoms with Gasteiger partial charge in [0.25, 0.3) is 0 Å². The molecule has 0 saturated carbocycles. The highest BCUT2D eigenvalue weighted by Gasteiger charge is 2.35. The van der Waals surface area contributed by atoms with Crippen LogP contribution in [-0.2, 0) is 4.74 Å². The lowest BCUT2D eigenvalue weighted by atomic mass is 10.1. The van der Waals surface area contributed by atoms with Crippen LogP contribution < -0.4 is 9.64 Å². The van der Waals surface area contributed by atoms with Crippen molar-refractivity contribution in [3.8, 4) is 12.1 Å². The van der Waals surface area contributed by atoms with Crippen molar-refractivity contribution in [2.24, 2.45) is 0 Å². The van der Waals surface area contributed by atoms with Crippen LogP contribution in [0, 0.1) is 17.1 Å². The quantitative estimate of drug-likeness (QED) is 0.529. The number of alkyl halides is 1. The minimum Gasteiger partial charge on any atom is -0.462 e. The zero-order valence-corrected chi connectivity index (χ0v) is 22.0. The number of anilines is 1. The third-order valence-electron chi connectivity index (χ3n) is 6.38. The van der Waals surface area contributed by atoms with Gasteiger partial charge in [-0.05, 0) is 34.2 Å². The van der Waals surface area contributed by atoms with Crippen LogP contribution in [0.2, 0.25) is 5.15 Å². The van der Waals surface area contributed by atoms with Crippen LogP contribution in [-0.4, -0.2) is 94.5 Å². The molecule has 2 saturated heterocycles. The number of hydrogen-bond acceptors (Lipinski definition) is 9. The van der Waals surface area contributed by atoms with Crippen LogP contribution in [0.15, 0.2) is 6.20 Å². The normalized spacial score (nSPS) is 22.8. The zero-order valence-electron chi connectivity index (χ0n) is 21.2. The largest absolute Gasteiger partial charge is 0.462 e. The molecule has 200 valence electrons. The lowest BCUT2D eigenvalue weighted by molar-refractivity contribution is 0.0145. The Labute approximate surface area is 219 Å². The summed E-state index contributed by atoms with van der Waals surface area (Å²) in [5.74, 6) is -0.464. The Morgan fingerprint density at radius 3 is 2.68 bits per heavy atom. The number of carbonyl (C=O) groups excluding carboxylic acids is 1. The number of halogens is 3. The van der Waals surface area contributed by atoms with Gasteiger partial charge < -0.3 is 19.3 Å². The van der Waals surface area contributed by atoms with E-state index in [2.05, 4.69) is 21.0 Å². The summed E-state index contributed by atoms with van der Waals surface area (Å²) in [5.41, 5.74) is -0.743. The van der Waals surface area contributed by atoms with E-state index in [4.69, 9.17) is 21.1 Å². The van der Waals surface area contributed by atoms with Crippen LogP contribution in [0.4, 0.5) is 19.4 Å². The maximum atomic E-state index is 15.0. The van der Waals surface area contributed by atoms with E-state index in [1.165, 1.54) is 11.1 Å². The average Bonchev–Trinajstić information content (AvgIpc) is 3.15. The molecule has 10 nitrogen and oxygen atoms in total. The number of hydrogen-bond donors (Lipinski definition) is 0. The molecule has 3 atom stereocenters. The van der Waals surface area contributed by atoms with E-state index in [1.54, 1.807) is 20.8 Å². The Kier molecular flexibility index (Phi) is 7.85. The molecule has 0 aliphatic carbocycles. The van der Waals surface area contributed by atoms with Crippen LogP contribution >= 0.6 is 11.6 Å². The van der Waals surface area contributed by atoms with E-state index in [0.29, 0.717) is 30.7 Å². The number of rotatable bonds is 5. The number of ether oxygens (including phenoxy) is 2. The molecule has 2 aliphatic rings. The summed E-state index contributed by atoms with van der Waals surface area (Å²) in [5, 5.41) is 9.39. The Hall–Kier alpha value is -3.04. The number of aromatic nitrogens is 3. The molecule has 4 rings (SSSR count). The van der Waals surface area contributed by atoms with Gasteiger partial charge in [0, 0.05) is 38.4 Å². The number of likely N-dealkylation sites (N-methyl/N-ethyl adjacent to an activating group) is 1. The fourth-order valence-corrected chi connectivity index (χ4v) is 4.71. The van der Waals surface area contributed by atoms with Crippen molar-refractivity contribution in [1.29, 1.82) is 5.26 Å². The van der Waals surface area contributed by atoms with Crippen molar-refractivity contribution >= 4 is 34.4 Å². The molecule has 0 spiro atoms. The number of amides is 1. The van der Waals surface area contributed by atoms with E-state index in [1.807, 2.05) is 16.8 Å². The molecule has 37 heavy (non-hydrogen) atoms. The van der Waals surface area contributed by atoms with E-state index in [-0.39, 0.29) is 48.8 Å². The summed E-state index contributed by atoms with van der Waals surface area (Å²) < 4.78 is 40.1. The third kappa shape index (κ3) is 6.10. The highest BCUT2D eigenvalue weighted by Crippen LogP contribution is 2.32. The summed E-state index contributed by atoms with van der Waals surface area (Å²) in [6.07, 6.45) is 0.336. The summed E-state index contributed by atoms with van der Waals surface area (Å²) in [6.45, 7) is 6.62. The lowest BCUT2D eigenvalue weighted by Crippen LogP contribution is -2.56. The molecule has 0 bridgehead atoms. The van der Waals surface area contributed by atoms with E-state index in [9.17, 15) is 18.8 Å².